The molecule has 0 saturated carbocycles. The maximum atomic E-state index is 13.5. The molecule has 10 heteroatoms. The van der Waals surface area contributed by atoms with E-state index in [-0.39, 0.29) is 17.2 Å². The molecule has 0 radical (unpaired) electrons. The van der Waals surface area contributed by atoms with E-state index in [1.54, 1.807) is 6.20 Å². The van der Waals surface area contributed by atoms with Crippen LogP contribution in [-0.4, -0.2) is 44.1 Å². The summed E-state index contributed by atoms with van der Waals surface area (Å²) in [7, 11) is 0. The van der Waals surface area contributed by atoms with Crippen LogP contribution >= 0.6 is 0 Å². The van der Waals surface area contributed by atoms with E-state index in [4.69, 9.17) is 11.5 Å². The fraction of sp³-hybridized carbons (Fsp3) is 0.182. The number of fused-ring (bicyclic) bond motifs is 1. The monoisotopic (exact) mass is 433 g/mol. The van der Waals surface area contributed by atoms with E-state index in [0.717, 1.165) is 11.3 Å². The lowest BCUT2D eigenvalue weighted by molar-refractivity contribution is 0.0964. The van der Waals surface area contributed by atoms with Gasteiger partial charge in [-0.1, -0.05) is 0 Å². The van der Waals surface area contributed by atoms with Gasteiger partial charge in [-0.2, -0.15) is 5.10 Å². The van der Waals surface area contributed by atoms with E-state index < -0.39 is 17.6 Å². The van der Waals surface area contributed by atoms with Gasteiger partial charge in [-0.25, -0.2) is 14.1 Å². The number of nitrogens with two attached hydrogens (primary N) is 2. The highest BCUT2D eigenvalue weighted by atomic mass is 19.1. The van der Waals surface area contributed by atoms with Gasteiger partial charge in [0.1, 0.15) is 5.82 Å². The molecule has 9 nitrogen and oxygen atoms in total. The molecule has 0 bridgehead atoms. The third kappa shape index (κ3) is 3.16. The molecule has 4 aromatic rings. The number of hydrogen-bond donors (Lipinski definition) is 2. The van der Waals surface area contributed by atoms with Crippen molar-refractivity contribution in [3.05, 3.63) is 77.8 Å². The molecule has 5 rings (SSSR count). The van der Waals surface area contributed by atoms with Crippen molar-refractivity contribution in [2.24, 2.45) is 11.5 Å². The van der Waals surface area contributed by atoms with Crippen LogP contribution in [0.1, 0.15) is 38.9 Å². The zero-order chi connectivity index (χ0) is 22.4. The van der Waals surface area contributed by atoms with E-state index in [9.17, 15) is 14.0 Å². The third-order valence-electron chi connectivity index (χ3n) is 5.78. The normalized spacial score (nSPS) is 16.0. The van der Waals surface area contributed by atoms with Crippen LogP contribution in [0, 0.1) is 5.82 Å². The molecule has 32 heavy (non-hydrogen) atoms. The van der Waals surface area contributed by atoms with Crippen molar-refractivity contribution >= 4 is 23.1 Å². The molecule has 4 heterocycles. The second kappa shape index (κ2) is 7.49. The number of nitrogens with zero attached hydrogens (tertiary/aromatic N) is 5. The Morgan fingerprint density at radius 3 is 2.56 bits per heavy atom. The van der Waals surface area contributed by atoms with E-state index in [1.165, 1.54) is 28.9 Å². The standard InChI is InChI=1S/C22H20FN7O2/c23-14-3-5-15(6-4-14)30-19(17(20(24)31)18(27-30)21(25)32)13-7-10-29(12-13)22-16-2-1-9-28(16)11-8-26-22/h1-6,8-9,11,13H,7,10,12H2,(H2,24,31)(H2,25,32). The van der Waals surface area contributed by atoms with Gasteiger partial charge >= 0.3 is 0 Å². The Morgan fingerprint density at radius 2 is 1.84 bits per heavy atom. The number of hydrogen-bond acceptors (Lipinski definition) is 5. The first kappa shape index (κ1) is 19.7. The Balaban J connectivity index is 1.61. The van der Waals surface area contributed by atoms with Gasteiger partial charge in [0, 0.05) is 37.6 Å². The SMILES string of the molecule is NC(=O)c1nn(-c2ccc(F)cc2)c(C2CCN(c3nccn4cccc34)C2)c1C(N)=O. The van der Waals surface area contributed by atoms with Crippen LogP contribution in [0.25, 0.3) is 11.2 Å². The Bertz CT molecular complexity index is 1340. The zero-order valence-electron chi connectivity index (χ0n) is 17.0. The van der Waals surface area contributed by atoms with Crippen molar-refractivity contribution in [1.29, 1.82) is 0 Å². The Morgan fingerprint density at radius 1 is 1.06 bits per heavy atom. The molecule has 1 aliphatic heterocycles. The number of rotatable bonds is 5. The second-order valence-electron chi connectivity index (χ2n) is 7.71. The fourth-order valence-electron chi connectivity index (χ4n) is 4.38. The smallest absolute Gasteiger partial charge is 0.270 e. The summed E-state index contributed by atoms with van der Waals surface area (Å²) >= 11 is 0. The summed E-state index contributed by atoms with van der Waals surface area (Å²) in [6.07, 6.45) is 6.23. The second-order valence-corrected chi connectivity index (χ2v) is 7.71. The molecule has 1 fully saturated rings. The largest absolute Gasteiger partial charge is 0.365 e. The molecule has 1 saturated heterocycles. The van der Waals surface area contributed by atoms with Gasteiger partial charge in [0.2, 0.25) is 0 Å². The van der Waals surface area contributed by atoms with E-state index in [2.05, 4.69) is 15.0 Å². The lowest BCUT2D eigenvalue weighted by Gasteiger charge is -2.19. The molecule has 1 atom stereocenters. The number of anilines is 1. The Hall–Kier alpha value is -4.21. The molecule has 0 spiro atoms. The van der Waals surface area contributed by atoms with Crippen molar-refractivity contribution in [2.75, 3.05) is 18.0 Å². The number of amides is 2. The minimum absolute atomic E-state index is 0.00234. The number of halogens is 1. The van der Waals surface area contributed by atoms with Crippen LogP contribution < -0.4 is 16.4 Å². The molecular weight excluding hydrogens is 413 g/mol. The maximum absolute atomic E-state index is 13.5. The van der Waals surface area contributed by atoms with E-state index in [1.807, 2.05) is 28.9 Å². The topological polar surface area (TPSA) is 125 Å². The number of carbonyl (C=O) groups excluding carboxylic acids is 2. The molecular formula is C22H20FN7O2. The van der Waals surface area contributed by atoms with Crippen molar-refractivity contribution in [1.82, 2.24) is 19.2 Å². The van der Waals surface area contributed by atoms with Crippen molar-refractivity contribution < 1.29 is 14.0 Å². The predicted octanol–water partition coefficient (Wildman–Crippen LogP) is 1.85. The number of primary amides is 2. The fourth-order valence-corrected chi connectivity index (χ4v) is 4.38. The molecule has 2 amide bonds. The number of carbonyl (C=O) groups is 2. The number of aromatic nitrogens is 4. The molecule has 1 unspecified atom stereocenters. The predicted molar refractivity (Wildman–Crippen MR) is 115 cm³/mol. The van der Waals surface area contributed by atoms with Crippen LogP contribution in [0.2, 0.25) is 0 Å². The maximum Gasteiger partial charge on any atom is 0.270 e. The lowest BCUT2D eigenvalue weighted by Crippen LogP contribution is -2.24. The van der Waals surface area contributed by atoms with Gasteiger partial charge in [0.15, 0.2) is 11.5 Å². The van der Waals surface area contributed by atoms with Crippen molar-refractivity contribution in [3.8, 4) is 5.69 Å². The lowest BCUT2D eigenvalue weighted by atomic mass is 9.98. The number of benzene rings is 1. The van der Waals surface area contributed by atoms with E-state index in [0.29, 0.717) is 30.9 Å². The quantitative estimate of drug-likeness (QED) is 0.497. The first-order chi connectivity index (χ1) is 15.4. The molecule has 162 valence electrons. The summed E-state index contributed by atoms with van der Waals surface area (Å²) in [5.41, 5.74) is 12.9. The molecule has 3 aromatic heterocycles. The first-order valence-corrected chi connectivity index (χ1v) is 10.1. The minimum Gasteiger partial charge on any atom is -0.365 e. The van der Waals surface area contributed by atoms with Crippen LogP contribution in [0.3, 0.4) is 0 Å². The van der Waals surface area contributed by atoms with Crippen LogP contribution in [0.4, 0.5) is 10.2 Å². The molecule has 1 aliphatic rings. The highest BCUT2D eigenvalue weighted by Gasteiger charge is 2.35. The summed E-state index contributed by atoms with van der Waals surface area (Å²) in [6, 6.07) is 9.55. The van der Waals surface area contributed by atoms with Crippen LogP contribution in [0.15, 0.2) is 55.0 Å². The van der Waals surface area contributed by atoms with Crippen molar-refractivity contribution in [3.63, 3.8) is 0 Å². The van der Waals surface area contributed by atoms with Crippen LogP contribution in [-0.2, 0) is 0 Å². The average Bonchev–Trinajstić information content (AvgIpc) is 3.50. The highest BCUT2D eigenvalue weighted by Crippen LogP contribution is 2.35. The molecule has 0 aliphatic carbocycles. The van der Waals surface area contributed by atoms with Gasteiger partial charge in [-0.3, -0.25) is 9.59 Å². The molecule has 4 N–H and O–H groups in total. The summed E-state index contributed by atoms with van der Waals surface area (Å²) in [4.78, 5) is 31.1. The summed E-state index contributed by atoms with van der Waals surface area (Å²) in [6.45, 7) is 1.21. The highest BCUT2D eigenvalue weighted by molar-refractivity contribution is 6.06. The van der Waals surface area contributed by atoms with Gasteiger partial charge in [0.25, 0.3) is 11.8 Å². The summed E-state index contributed by atoms with van der Waals surface area (Å²) < 4.78 is 16.9. The van der Waals surface area contributed by atoms with Crippen molar-refractivity contribution in [2.45, 2.75) is 12.3 Å². The van der Waals surface area contributed by atoms with Gasteiger partial charge in [-0.05, 0) is 42.8 Å². The van der Waals surface area contributed by atoms with Crippen LogP contribution in [0.5, 0.6) is 0 Å². The molecule has 1 aromatic carbocycles. The summed E-state index contributed by atoms with van der Waals surface area (Å²) in [5.74, 6) is -1.40. The van der Waals surface area contributed by atoms with Gasteiger partial charge < -0.3 is 20.8 Å². The van der Waals surface area contributed by atoms with Gasteiger partial charge in [0.05, 0.1) is 22.5 Å². The Labute approximate surface area is 182 Å². The summed E-state index contributed by atoms with van der Waals surface area (Å²) in [5, 5.41) is 4.30. The first-order valence-electron chi connectivity index (χ1n) is 10.1. The zero-order valence-corrected chi connectivity index (χ0v) is 17.0. The average molecular weight is 433 g/mol. The Kier molecular flexibility index (Phi) is 4.62. The van der Waals surface area contributed by atoms with Gasteiger partial charge in [-0.15, -0.1) is 0 Å². The van der Waals surface area contributed by atoms with E-state index >= 15 is 0 Å². The minimum atomic E-state index is -0.851. The third-order valence-corrected chi connectivity index (χ3v) is 5.78.